The Balaban J connectivity index is 1.55. The maximum atomic E-state index is 12.2. The number of nitrogens with zero attached hydrogens (tertiary/aromatic N) is 2. The quantitative estimate of drug-likeness (QED) is 0.790. The number of hydrogen-bond donors (Lipinski definition) is 0. The Morgan fingerprint density at radius 2 is 2.14 bits per heavy atom. The molecule has 8 heteroatoms. The molecule has 22 heavy (non-hydrogen) atoms. The van der Waals surface area contributed by atoms with Crippen molar-refractivity contribution in [3.63, 3.8) is 0 Å². The first-order chi connectivity index (χ1) is 10.5. The number of cyclic esters (lactones) is 1. The number of thiazole rings is 1. The number of sulfone groups is 1. The molecule has 3 rings (SSSR count). The standard InChI is InChI=1S/C14H20N2O4S2/c17-14-16(5-7-20-14)6-8-22(18,19)10-12-9-21-13(15-12)11-3-1-2-4-11/h9,11H,1-8,10H2. The van der Waals surface area contributed by atoms with Gasteiger partial charge in [0.25, 0.3) is 0 Å². The highest BCUT2D eigenvalue weighted by molar-refractivity contribution is 7.90. The zero-order valence-corrected chi connectivity index (χ0v) is 14.0. The fourth-order valence-electron chi connectivity index (χ4n) is 2.92. The molecule has 0 bridgehead atoms. The van der Waals surface area contributed by atoms with Crippen molar-refractivity contribution in [2.24, 2.45) is 0 Å². The second-order valence-corrected chi connectivity index (χ2v) is 8.93. The fourth-order valence-corrected chi connectivity index (χ4v) is 5.26. The minimum Gasteiger partial charge on any atom is -0.448 e. The minimum absolute atomic E-state index is 0.0426. The van der Waals surface area contributed by atoms with Gasteiger partial charge in [-0.1, -0.05) is 12.8 Å². The van der Waals surface area contributed by atoms with Gasteiger partial charge in [0.2, 0.25) is 0 Å². The summed E-state index contributed by atoms with van der Waals surface area (Å²) in [5.74, 6) is 0.429. The van der Waals surface area contributed by atoms with E-state index in [0.717, 1.165) is 17.8 Å². The number of rotatable bonds is 6. The Labute approximate surface area is 134 Å². The lowest BCUT2D eigenvalue weighted by molar-refractivity contribution is 0.160. The molecule has 0 aromatic carbocycles. The summed E-state index contributed by atoms with van der Waals surface area (Å²) >= 11 is 1.57. The molecule has 1 aliphatic heterocycles. The van der Waals surface area contributed by atoms with Gasteiger partial charge in [-0.25, -0.2) is 18.2 Å². The van der Waals surface area contributed by atoms with Crippen LogP contribution in [0.1, 0.15) is 42.3 Å². The van der Waals surface area contributed by atoms with Crippen LogP contribution in [-0.4, -0.2) is 49.8 Å². The lowest BCUT2D eigenvalue weighted by Crippen LogP contribution is -2.30. The summed E-state index contributed by atoms with van der Waals surface area (Å²) in [5.41, 5.74) is 0.635. The normalized spacial score (nSPS) is 19.8. The van der Waals surface area contributed by atoms with Gasteiger partial charge in [0.05, 0.1) is 28.8 Å². The summed E-state index contributed by atoms with van der Waals surface area (Å²) < 4.78 is 29.2. The van der Waals surface area contributed by atoms with Gasteiger partial charge in [-0.2, -0.15) is 0 Å². The van der Waals surface area contributed by atoms with Gasteiger partial charge in [-0.3, -0.25) is 0 Å². The molecule has 1 aliphatic carbocycles. The molecule has 0 atom stereocenters. The zero-order chi connectivity index (χ0) is 15.6. The molecular formula is C14H20N2O4S2. The van der Waals surface area contributed by atoms with E-state index in [0.29, 0.717) is 24.8 Å². The van der Waals surface area contributed by atoms with Gasteiger partial charge in [-0.15, -0.1) is 11.3 Å². The van der Waals surface area contributed by atoms with Gasteiger partial charge in [0.1, 0.15) is 6.61 Å². The number of amides is 1. The van der Waals surface area contributed by atoms with Crippen molar-refractivity contribution in [3.05, 3.63) is 16.1 Å². The first-order valence-corrected chi connectivity index (χ1v) is 10.3. The SMILES string of the molecule is O=C1OCCN1CCS(=O)(=O)Cc1csc(C2CCCC2)n1. The topological polar surface area (TPSA) is 76.6 Å². The van der Waals surface area contributed by atoms with E-state index in [1.807, 2.05) is 5.38 Å². The van der Waals surface area contributed by atoms with Crippen molar-refractivity contribution in [2.45, 2.75) is 37.4 Å². The highest BCUT2D eigenvalue weighted by Crippen LogP contribution is 2.35. The Bertz CT molecular complexity index is 635. The largest absolute Gasteiger partial charge is 0.448 e. The molecule has 1 saturated heterocycles. The molecule has 2 heterocycles. The third kappa shape index (κ3) is 3.78. The van der Waals surface area contributed by atoms with Crippen LogP contribution in [0.3, 0.4) is 0 Å². The first kappa shape index (κ1) is 15.7. The highest BCUT2D eigenvalue weighted by Gasteiger charge is 2.25. The van der Waals surface area contributed by atoms with Crippen LogP contribution >= 0.6 is 11.3 Å². The predicted octanol–water partition coefficient (Wildman–Crippen LogP) is 2.17. The molecule has 1 aromatic heterocycles. The lowest BCUT2D eigenvalue weighted by Gasteiger charge is -2.11. The first-order valence-electron chi connectivity index (χ1n) is 7.60. The van der Waals surface area contributed by atoms with Gasteiger partial charge in [0.15, 0.2) is 9.84 Å². The second kappa shape index (κ2) is 6.54. The molecular weight excluding hydrogens is 324 g/mol. The van der Waals surface area contributed by atoms with Crippen molar-refractivity contribution in [1.29, 1.82) is 0 Å². The van der Waals surface area contributed by atoms with E-state index in [-0.39, 0.29) is 18.1 Å². The van der Waals surface area contributed by atoms with Crippen molar-refractivity contribution in [3.8, 4) is 0 Å². The third-order valence-corrected chi connectivity index (χ3v) is 6.76. The van der Waals surface area contributed by atoms with E-state index in [1.54, 1.807) is 11.3 Å². The Hall–Kier alpha value is -1.15. The molecule has 2 aliphatic rings. The number of carbonyl (C=O) groups excluding carboxylic acids is 1. The summed E-state index contributed by atoms with van der Waals surface area (Å²) in [7, 11) is -3.26. The molecule has 0 unspecified atom stereocenters. The monoisotopic (exact) mass is 344 g/mol. The smallest absolute Gasteiger partial charge is 0.409 e. The van der Waals surface area contributed by atoms with E-state index in [1.165, 1.54) is 17.7 Å². The molecule has 0 radical (unpaired) electrons. The third-order valence-electron chi connectivity index (χ3n) is 4.16. The zero-order valence-electron chi connectivity index (χ0n) is 12.4. The van der Waals surface area contributed by atoms with Crippen LogP contribution in [0.5, 0.6) is 0 Å². The average molecular weight is 344 g/mol. The van der Waals surface area contributed by atoms with Crippen LogP contribution in [0.25, 0.3) is 0 Å². The van der Waals surface area contributed by atoms with Crippen molar-refractivity contribution in [1.82, 2.24) is 9.88 Å². The van der Waals surface area contributed by atoms with Gasteiger partial charge in [-0.05, 0) is 12.8 Å². The number of carbonyl (C=O) groups is 1. The van der Waals surface area contributed by atoms with E-state index in [9.17, 15) is 13.2 Å². The number of hydrogen-bond acceptors (Lipinski definition) is 6. The van der Waals surface area contributed by atoms with Crippen LogP contribution < -0.4 is 0 Å². The van der Waals surface area contributed by atoms with E-state index in [2.05, 4.69) is 4.98 Å². The van der Waals surface area contributed by atoms with Crippen LogP contribution in [-0.2, 0) is 20.3 Å². The van der Waals surface area contributed by atoms with Gasteiger partial charge < -0.3 is 9.64 Å². The summed E-state index contributed by atoms with van der Waals surface area (Å²) in [5, 5.41) is 2.93. The van der Waals surface area contributed by atoms with Gasteiger partial charge >= 0.3 is 6.09 Å². The average Bonchev–Trinajstić information content (AvgIpc) is 3.16. The Morgan fingerprint density at radius 3 is 2.82 bits per heavy atom. The van der Waals surface area contributed by atoms with Crippen LogP contribution in [0, 0.1) is 0 Å². The fraction of sp³-hybridized carbons (Fsp3) is 0.714. The minimum atomic E-state index is -3.26. The van der Waals surface area contributed by atoms with E-state index >= 15 is 0 Å². The summed E-state index contributed by atoms with van der Waals surface area (Å²) in [6, 6.07) is 0. The molecule has 2 fully saturated rings. The lowest BCUT2D eigenvalue weighted by atomic mass is 10.1. The Kier molecular flexibility index (Phi) is 4.67. The van der Waals surface area contributed by atoms with Crippen molar-refractivity contribution < 1.29 is 17.9 Å². The van der Waals surface area contributed by atoms with Crippen LogP contribution in [0.4, 0.5) is 4.79 Å². The molecule has 1 saturated carbocycles. The molecule has 0 spiro atoms. The second-order valence-electron chi connectivity index (χ2n) is 5.85. The molecule has 6 nitrogen and oxygen atoms in total. The summed E-state index contributed by atoms with van der Waals surface area (Å²) in [6.07, 6.45) is 4.38. The van der Waals surface area contributed by atoms with E-state index < -0.39 is 15.9 Å². The summed E-state index contributed by atoms with van der Waals surface area (Å²) in [6.45, 7) is 1.01. The molecule has 1 aromatic rings. The van der Waals surface area contributed by atoms with E-state index in [4.69, 9.17) is 4.74 Å². The maximum Gasteiger partial charge on any atom is 0.409 e. The number of aromatic nitrogens is 1. The van der Waals surface area contributed by atoms with Crippen LogP contribution in [0.15, 0.2) is 5.38 Å². The Morgan fingerprint density at radius 1 is 1.36 bits per heavy atom. The molecule has 0 N–H and O–H groups in total. The summed E-state index contributed by atoms with van der Waals surface area (Å²) in [4.78, 5) is 17.2. The van der Waals surface area contributed by atoms with Crippen molar-refractivity contribution in [2.75, 3.05) is 25.4 Å². The maximum absolute atomic E-state index is 12.2. The van der Waals surface area contributed by atoms with Crippen LogP contribution in [0.2, 0.25) is 0 Å². The highest BCUT2D eigenvalue weighted by atomic mass is 32.2. The predicted molar refractivity (Wildman–Crippen MR) is 83.7 cm³/mol. The number of ether oxygens (including phenoxy) is 1. The molecule has 122 valence electrons. The van der Waals surface area contributed by atoms with Crippen molar-refractivity contribution >= 4 is 27.3 Å². The van der Waals surface area contributed by atoms with Gasteiger partial charge in [0, 0.05) is 17.8 Å². The molecule has 1 amide bonds.